The number of rotatable bonds is 4. The van der Waals surface area contributed by atoms with E-state index in [9.17, 15) is 0 Å². The van der Waals surface area contributed by atoms with Crippen LogP contribution in [0.1, 0.15) is 12.0 Å². The Hall–Kier alpha value is -2.13. The number of fused-ring (bicyclic) bond motifs is 1. The van der Waals surface area contributed by atoms with E-state index in [1.165, 1.54) is 11.1 Å². The molecule has 20 heavy (non-hydrogen) atoms. The number of aryl methyl sites for hydroxylation is 2. The predicted octanol–water partition coefficient (Wildman–Crippen LogP) is 3.13. The zero-order chi connectivity index (χ0) is 13.9. The molecule has 0 saturated heterocycles. The van der Waals surface area contributed by atoms with Crippen molar-refractivity contribution < 1.29 is 0 Å². The molecule has 0 fully saturated rings. The van der Waals surface area contributed by atoms with Crippen LogP contribution in [0.2, 0.25) is 0 Å². The number of hydrogen-bond donors (Lipinski definition) is 1. The predicted molar refractivity (Wildman–Crippen MR) is 83.5 cm³/mol. The van der Waals surface area contributed by atoms with Crippen molar-refractivity contribution >= 4 is 11.0 Å². The lowest BCUT2D eigenvalue weighted by molar-refractivity contribution is 0.833. The van der Waals surface area contributed by atoms with E-state index in [0.717, 1.165) is 36.3 Å². The third-order valence-corrected chi connectivity index (χ3v) is 3.65. The maximum absolute atomic E-state index is 5.57. The van der Waals surface area contributed by atoms with Crippen LogP contribution in [0.4, 0.5) is 0 Å². The molecule has 1 heterocycles. The molecule has 0 saturated carbocycles. The SMILES string of the molecule is Cn1c(-c2ccccc2)nc2cc(CCCN)ccc21. The Morgan fingerprint density at radius 3 is 2.65 bits per heavy atom. The van der Waals surface area contributed by atoms with Crippen molar-refractivity contribution in [3.05, 3.63) is 54.1 Å². The summed E-state index contributed by atoms with van der Waals surface area (Å²) in [6.45, 7) is 0.732. The van der Waals surface area contributed by atoms with Crippen LogP contribution in [0.5, 0.6) is 0 Å². The monoisotopic (exact) mass is 265 g/mol. The maximum Gasteiger partial charge on any atom is 0.140 e. The Morgan fingerprint density at radius 2 is 1.90 bits per heavy atom. The first-order chi connectivity index (χ1) is 9.79. The van der Waals surface area contributed by atoms with Gasteiger partial charge in [0.1, 0.15) is 5.82 Å². The van der Waals surface area contributed by atoms with Gasteiger partial charge in [-0.3, -0.25) is 0 Å². The van der Waals surface area contributed by atoms with Gasteiger partial charge in [0.2, 0.25) is 0 Å². The summed E-state index contributed by atoms with van der Waals surface area (Å²) < 4.78 is 2.15. The second kappa shape index (κ2) is 5.47. The Kier molecular flexibility index (Phi) is 3.52. The van der Waals surface area contributed by atoms with E-state index in [4.69, 9.17) is 10.7 Å². The van der Waals surface area contributed by atoms with E-state index in [2.05, 4.69) is 41.9 Å². The zero-order valence-corrected chi connectivity index (χ0v) is 11.7. The quantitative estimate of drug-likeness (QED) is 0.787. The van der Waals surface area contributed by atoms with Gasteiger partial charge in [-0.2, -0.15) is 0 Å². The van der Waals surface area contributed by atoms with Gasteiger partial charge in [0, 0.05) is 12.6 Å². The second-order valence-corrected chi connectivity index (χ2v) is 5.08. The van der Waals surface area contributed by atoms with Gasteiger partial charge in [-0.1, -0.05) is 36.4 Å². The van der Waals surface area contributed by atoms with Crippen molar-refractivity contribution in [3.63, 3.8) is 0 Å². The van der Waals surface area contributed by atoms with Crippen LogP contribution in [0, 0.1) is 0 Å². The van der Waals surface area contributed by atoms with E-state index >= 15 is 0 Å². The minimum absolute atomic E-state index is 0.732. The zero-order valence-electron chi connectivity index (χ0n) is 11.7. The summed E-state index contributed by atoms with van der Waals surface area (Å²) in [5, 5.41) is 0. The first kappa shape index (κ1) is 12.9. The molecule has 0 aliphatic carbocycles. The molecule has 0 bridgehead atoms. The van der Waals surface area contributed by atoms with E-state index < -0.39 is 0 Å². The summed E-state index contributed by atoms with van der Waals surface area (Å²) in [4.78, 5) is 4.78. The highest BCUT2D eigenvalue weighted by molar-refractivity contribution is 5.81. The van der Waals surface area contributed by atoms with Gasteiger partial charge in [-0.15, -0.1) is 0 Å². The Morgan fingerprint density at radius 1 is 1.10 bits per heavy atom. The lowest BCUT2D eigenvalue weighted by Crippen LogP contribution is -2.00. The molecule has 0 aliphatic heterocycles. The maximum atomic E-state index is 5.57. The van der Waals surface area contributed by atoms with Crippen molar-refractivity contribution in [1.29, 1.82) is 0 Å². The van der Waals surface area contributed by atoms with Gasteiger partial charge in [-0.25, -0.2) is 4.98 Å². The molecule has 0 unspecified atom stereocenters. The third kappa shape index (κ3) is 2.32. The van der Waals surface area contributed by atoms with E-state index in [1.54, 1.807) is 0 Å². The topological polar surface area (TPSA) is 43.8 Å². The van der Waals surface area contributed by atoms with Crippen LogP contribution >= 0.6 is 0 Å². The molecule has 3 nitrogen and oxygen atoms in total. The molecule has 2 N–H and O–H groups in total. The van der Waals surface area contributed by atoms with Crippen molar-refractivity contribution in [1.82, 2.24) is 9.55 Å². The van der Waals surface area contributed by atoms with Crippen LogP contribution in [0.3, 0.4) is 0 Å². The van der Waals surface area contributed by atoms with Crippen molar-refractivity contribution in [2.24, 2.45) is 12.8 Å². The normalized spacial score (nSPS) is 11.1. The van der Waals surface area contributed by atoms with Crippen LogP contribution in [-0.2, 0) is 13.5 Å². The van der Waals surface area contributed by atoms with Crippen LogP contribution in [-0.4, -0.2) is 16.1 Å². The number of imidazole rings is 1. The first-order valence-electron chi connectivity index (χ1n) is 7.00. The van der Waals surface area contributed by atoms with Gasteiger partial charge in [0.25, 0.3) is 0 Å². The molecule has 0 atom stereocenters. The minimum Gasteiger partial charge on any atom is -0.330 e. The van der Waals surface area contributed by atoms with Gasteiger partial charge in [-0.05, 0) is 37.1 Å². The molecular formula is C17H19N3. The molecular weight excluding hydrogens is 246 g/mol. The van der Waals surface area contributed by atoms with Gasteiger partial charge in [0.05, 0.1) is 11.0 Å². The number of nitrogens with zero attached hydrogens (tertiary/aromatic N) is 2. The third-order valence-electron chi connectivity index (χ3n) is 3.65. The highest BCUT2D eigenvalue weighted by Gasteiger charge is 2.09. The van der Waals surface area contributed by atoms with Crippen LogP contribution < -0.4 is 5.73 Å². The summed E-state index contributed by atoms with van der Waals surface area (Å²) in [5.41, 5.74) is 10.3. The molecule has 3 rings (SSSR count). The molecule has 0 radical (unpaired) electrons. The molecule has 0 spiro atoms. The molecule has 102 valence electrons. The smallest absolute Gasteiger partial charge is 0.140 e. The van der Waals surface area contributed by atoms with Crippen molar-refractivity contribution in [3.8, 4) is 11.4 Å². The first-order valence-corrected chi connectivity index (χ1v) is 7.00. The molecule has 3 aromatic rings. The minimum atomic E-state index is 0.732. The van der Waals surface area contributed by atoms with Crippen LogP contribution in [0.15, 0.2) is 48.5 Å². The largest absolute Gasteiger partial charge is 0.330 e. The van der Waals surface area contributed by atoms with E-state index in [1.807, 2.05) is 18.2 Å². The number of hydrogen-bond acceptors (Lipinski definition) is 2. The summed E-state index contributed by atoms with van der Waals surface area (Å²) >= 11 is 0. The molecule has 0 aliphatic rings. The fourth-order valence-corrected chi connectivity index (χ4v) is 2.55. The standard InChI is InChI=1S/C17H19N3/c1-20-16-10-9-13(6-5-11-18)12-15(16)19-17(20)14-7-3-2-4-8-14/h2-4,7-10,12H,5-6,11,18H2,1H3. The summed E-state index contributed by atoms with van der Waals surface area (Å²) in [6.07, 6.45) is 2.04. The number of benzene rings is 2. The van der Waals surface area contributed by atoms with E-state index in [-0.39, 0.29) is 0 Å². The average Bonchev–Trinajstić information content (AvgIpc) is 2.83. The number of nitrogens with two attached hydrogens (primary N) is 1. The lowest BCUT2D eigenvalue weighted by Gasteiger charge is -2.02. The molecule has 0 amide bonds. The van der Waals surface area contributed by atoms with Gasteiger partial charge < -0.3 is 10.3 Å². The summed E-state index contributed by atoms with van der Waals surface area (Å²) in [5.74, 6) is 1.01. The summed E-state index contributed by atoms with van der Waals surface area (Å²) in [6, 6.07) is 16.8. The Balaban J connectivity index is 2.05. The molecule has 1 aromatic heterocycles. The van der Waals surface area contributed by atoms with E-state index in [0.29, 0.717) is 0 Å². The fraction of sp³-hybridized carbons (Fsp3) is 0.235. The second-order valence-electron chi connectivity index (χ2n) is 5.08. The van der Waals surface area contributed by atoms with Gasteiger partial charge in [0.15, 0.2) is 0 Å². The molecule has 3 heteroatoms. The Bertz CT molecular complexity index is 714. The average molecular weight is 265 g/mol. The summed E-state index contributed by atoms with van der Waals surface area (Å²) in [7, 11) is 2.07. The lowest BCUT2D eigenvalue weighted by atomic mass is 10.1. The van der Waals surface area contributed by atoms with Crippen LogP contribution in [0.25, 0.3) is 22.4 Å². The van der Waals surface area contributed by atoms with Crippen molar-refractivity contribution in [2.45, 2.75) is 12.8 Å². The molecule has 2 aromatic carbocycles. The van der Waals surface area contributed by atoms with Crippen molar-refractivity contribution in [2.75, 3.05) is 6.54 Å². The highest BCUT2D eigenvalue weighted by atomic mass is 15.1. The Labute approximate surface area is 119 Å². The van der Waals surface area contributed by atoms with Gasteiger partial charge >= 0.3 is 0 Å². The highest BCUT2D eigenvalue weighted by Crippen LogP contribution is 2.24. The number of aromatic nitrogens is 2. The fourth-order valence-electron chi connectivity index (χ4n) is 2.55.